The van der Waals surface area contributed by atoms with Gasteiger partial charge in [0.25, 0.3) is 5.91 Å². The van der Waals surface area contributed by atoms with Gasteiger partial charge >= 0.3 is 0 Å². The Balaban J connectivity index is 1.79. The summed E-state index contributed by atoms with van der Waals surface area (Å²) >= 11 is 3.42. The molecule has 0 aliphatic carbocycles. The van der Waals surface area contributed by atoms with Crippen molar-refractivity contribution < 1.29 is 9.53 Å². The molecule has 2 aromatic rings. The Kier molecular flexibility index (Phi) is 5.22. The SMILES string of the molecule is Cc1ccc(C(=O)NCCOc2ccc(N)cc2)cc1Br. The molecule has 0 spiro atoms. The standard InChI is InChI=1S/C16H17BrN2O2/c1-11-2-3-12(10-15(11)17)16(20)19-8-9-21-14-6-4-13(18)5-7-14/h2-7,10H,8-9,18H2,1H3,(H,19,20). The lowest BCUT2D eigenvalue weighted by molar-refractivity contribution is 0.0947. The van der Waals surface area contributed by atoms with Crippen LogP contribution in [0.25, 0.3) is 0 Å². The van der Waals surface area contributed by atoms with E-state index >= 15 is 0 Å². The van der Waals surface area contributed by atoms with Crippen LogP contribution in [0, 0.1) is 6.92 Å². The minimum Gasteiger partial charge on any atom is -0.492 e. The van der Waals surface area contributed by atoms with Crippen LogP contribution in [0.1, 0.15) is 15.9 Å². The Morgan fingerprint density at radius 1 is 1.24 bits per heavy atom. The largest absolute Gasteiger partial charge is 0.492 e. The summed E-state index contributed by atoms with van der Waals surface area (Å²) in [4.78, 5) is 12.0. The summed E-state index contributed by atoms with van der Waals surface area (Å²) in [6.07, 6.45) is 0. The van der Waals surface area contributed by atoms with Crippen LogP contribution in [0.5, 0.6) is 5.75 Å². The minimum atomic E-state index is -0.114. The molecule has 0 saturated heterocycles. The molecule has 0 aliphatic heterocycles. The van der Waals surface area contributed by atoms with Crippen LogP contribution in [-0.4, -0.2) is 19.1 Å². The van der Waals surface area contributed by atoms with Crippen LogP contribution in [0.4, 0.5) is 5.69 Å². The van der Waals surface area contributed by atoms with E-state index < -0.39 is 0 Å². The number of hydrogen-bond acceptors (Lipinski definition) is 3. The molecule has 0 radical (unpaired) electrons. The summed E-state index contributed by atoms with van der Waals surface area (Å²) in [6, 6.07) is 12.7. The molecule has 2 rings (SSSR count). The molecular weight excluding hydrogens is 332 g/mol. The van der Waals surface area contributed by atoms with Crippen molar-refractivity contribution in [1.82, 2.24) is 5.32 Å². The lowest BCUT2D eigenvalue weighted by atomic mass is 10.1. The minimum absolute atomic E-state index is 0.114. The van der Waals surface area contributed by atoms with Gasteiger partial charge in [-0.2, -0.15) is 0 Å². The second-order valence-electron chi connectivity index (χ2n) is 4.64. The lowest BCUT2D eigenvalue weighted by Crippen LogP contribution is -2.28. The number of nitrogens with one attached hydrogen (secondary N) is 1. The van der Waals surface area contributed by atoms with Crippen molar-refractivity contribution in [3.05, 3.63) is 58.1 Å². The summed E-state index contributed by atoms with van der Waals surface area (Å²) < 4.78 is 6.43. The first-order valence-corrected chi connectivity index (χ1v) is 7.38. The number of nitrogen functional groups attached to an aromatic ring is 1. The van der Waals surface area contributed by atoms with Crippen LogP contribution >= 0.6 is 15.9 Å². The van der Waals surface area contributed by atoms with Crippen LogP contribution < -0.4 is 15.8 Å². The van der Waals surface area contributed by atoms with E-state index in [1.54, 1.807) is 30.3 Å². The first-order chi connectivity index (χ1) is 10.1. The molecule has 0 aromatic heterocycles. The normalized spacial score (nSPS) is 10.2. The molecule has 0 aliphatic rings. The van der Waals surface area contributed by atoms with Crippen molar-refractivity contribution in [2.75, 3.05) is 18.9 Å². The van der Waals surface area contributed by atoms with Crippen LogP contribution in [0.3, 0.4) is 0 Å². The maximum absolute atomic E-state index is 12.0. The summed E-state index contributed by atoms with van der Waals surface area (Å²) in [5, 5.41) is 2.82. The predicted octanol–water partition coefficient (Wildman–Crippen LogP) is 3.15. The number of ether oxygens (including phenoxy) is 1. The van der Waals surface area contributed by atoms with Crippen molar-refractivity contribution in [3.8, 4) is 5.75 Å². The predicted molar refractivity (Wildman–Crippen MR) is 87.6 cm³/mol. The highest BCUT2D eigenvalue weighted by atomic mass is 79.9. The molecule has 0 heterocycles. The van der Waals surface area contributed by atoms with Crippen LogP contribution in [0.15, 0.2) is 46.9 Å². The Morgan fingerprint density at radius 3 is 2.62 bits per heavy atom. The van der Waals surface area contributed by atoms with E-state index in [0.717, 1.165) is 15.8 Å². The Labute approximate surface area is 132 Å². The third-order valence-corrected chi connectivity index (χ3v) is 3.82. The van der Waals surface area contributed by atoms with E-state index in [0.29, 0.717) is 24.4 Å². The van der Waals surface area contributed by atoms with E-state index in [9.17, 15) is 4.79 Å². The average Bonchev–Trinajstić information content (AvgIpc) is 2.48. The highest BCUT2D eigenvalue weighted by Crippen LogP contribution is 2.17. The van der Waals surface area contributed by atoms with E-state index in [1.807, 2.05) is 19.1 Å². The maximum Gasteiger partial charge on any atom is 0.251 e. The van der Waals surface area contributed by atoms with Gasteiger partial charge in [-0.1, -0.05) is 22.0 Å². The third kappa shape index (κ3) is 4.49. The smallest absolute Gasteiger partial charge is 0.251 e. The van der Waals surface area contributed by atoms with Gasteiger partial charge in [0, 0.05) is 15.7 Å². The second-order valence-corrected chi connectivity index (χ2v) is 5.49. The van der Waals surface area contributed by atoms with Gasteiger partial charge < -0.3 is 15.8 Å². The van der Waals surface area contributed by atoms with Crippen molar-refractivity contribution >= 4 is 27.5 Å². The van der Waals surface area contributed by atoms with Gasteiger partial charge in [0.05, 0.1) is 6.54 Å². The molecule has 0 bridgehead atoms. The number of halogens is 1. The van der Waals surface area contributed by atoms with Gasteiger partial charge in [0.2, 0.25) is 0 Å². The molecule has 0 atom stereocenters. The molecule has 110 valence electrons. The van der Waals surface area contributed by atoms with Crippen LogP contribution in [0.2, 0.25) is 0 Å². The third-order valence-electron chi connectivity index (χ3n) is 2.97. The fourth-order valence-corrected chi connectivity index (χ4v) is 2.11. The number of aryl methyl sites for hydroxylation is 1. The number of carbonyl (C=O) groups excluding carboxylic acids is 1. The molecule has 0 fully saturated rings. The summed E-state index contributed by atoms with van der Waals surface area (Å²) in [5.41, 5.74) is 8.01. The van der Waals surface area contributed by atoms with E-state index in [-0.39, 0.29) is 5.91 Å². The maximum atomic E-state index is 12.0. The number of hydrogen-bond donors (Lipinski definition) is 2. The van der Waals surface area contributed by atoms with Gasteiger partial charge in [-0.05, 0) is 48.9 Å². The lowest BCUT2D eigenvalue weighted by Gasteiger charge is -2.08. The number of rotatable bonds is 5. The Bertz CT molecular complexity index is 627. The molecule has 0 unspecified atom stereocenters. The van der Waals surface area contributed by atoms with Crippen molar-refractivity contribution in [3.63, 3.8) is 0 Å². The number of benzene rings is 2. The highest BCUT2D eigenvalue weighted by Gasteiger charge is 2.06. The fourth-order valence-electron chi connectivity index (χ4n) is 1.73. The zero-order valence-corrected chi connectivity index (χ0v) is 13.3. The van der Waals surface area contributed by atoms with Gasteiger partial charge in [-0.3, -0.25) is 4.79 Å². The molecule has 1 amide bonds. The van der Waals surface area contributed by atoms with E-state index in [2.05, 4.69) is 21.2 Å². The quantitative estimate of drug-likeness (QED) is 0.644. The average molecular weight is 349 g/mol. The Morgan fingerprint density at radius 2 is 1.95 bits per heavy atom. The molecular formula is C16H17BrN2O2. The van der Waals surface area contributed by atoms with Gasteiger partial charge in [-0.25, -0.2) is 0 Å². The van der Waals surface area contributed by atoms with Crippen LogP contribution in [-0.2, 0) is 0 Å². The second kappa shape index (κ2) is 7.13. The molecule has 2 aromatic carbocycles. The molecule has 21 heavy (non-hydrogen) atoms. The van der Waals surface area contributed by atoms with Gasteiger partial charge in [0.15, 0.2) is 0 Å². The molecule has 3 N–H and O–H groups in total. The number of nitrogens with two attached hydrogens (primary N) is 1. The first kappa shape index (κ1) is 15.4. The number of amides is 1. The zero-order valence-electron chi connectivity index (χ0n) is 11.7. The number of anilines is 1. The monoisotopic (exact) mass is 348 g/mol. The summed E-state index contributed by atoms with van der Waals surface area (Å²) in [7, 11) is 0. The fraction of sp³-hybridized carbons (Fsp3) is 0.188. The van der Waals surface area contributed by atoms with Gasteiger partial charge in [0.1, 0.15) is 12.4 Å². The Hall–Kier alpha value is -2.01. The number of carbonyl (C=O) groups is 1. The topological polar surface area (TPSA) is 64.3 Å². The first-order valence-electron chi connectivity index (χ1n) is 6.59. The van der Waals surface area contributed by atoms with E-state index in [4.69, 9.17) is 10.5 Å². The van der Waals surface area contributed by atoms with E-state index in [1.165, 1.54) is 0 Å². The van der Waals surface area contributed by atoms with Crippen molar-refractivity contribution in [1.29, 1.82) is 0 Å². The molecule has 5 heteroatoms. The molecule has 0 saturated carbocycles. The summed E-state index contributed by atoms with van der Waals surface area (Å²) in [6.45, 7) is 2.82. The van der Waals surface area contributed by atoms with Gasteiger partial charge in [-0.15, -0.1) is 0 Å². The molecule has 4 nitrogen and oxygen atoms in total. The summed E-state index contributed by atoms with van der Waals surface area (Å²) in [5.74, 6) is 0.619. The van der Waals surface area contributed by atoms with Crippen molar-refractivity contribution in [2.45, 2.75) is 6.92 Å². The van der Waals surface area contributed by atoms with Crippen molar-refractivity contribution in [2.24, 2.45) is 0 Å². The highest BCUT2D eigenvalue weighted by molar-refractivity contribution is 9.10. The zero-order chi connectivity index (χ0) is 15.2.